The number of benzene rings is 1. The SMILES string of the molecule is Nc1c(F)cc(F)cc1NC1(CO)CCCC1. The molecule has 5 heteroatoms. The molecule has 0 unspecified atom stereocenters. The highest BCUT2D eigenvalue weighted by Gasteiger charge is 2.33. The summed E-state index contributed by atoms with van der Waals surface area (Å²) in [6, 6.07) is 1.91. The van der Waals surface area contributed by atoms with Gasteiger partial charge in [-0.1, -0.05) is 12.8 Å². The highest BCUT2D eigenvalue weighted by Crippen LogP contribution is 2.35. The van der Waals surface area contributed by atoms with Crippen LogP contribution in [0.15, 0.2) is 12.1 Å². The van der Waals surface area contributed by atoms with E-state index in [4.69, 9.17) is 5.73 Å². The van der Waals surface area contributed by atoms with Crippen LogP contribution in [0.4, 0.5) is 20.2 Å². The molecule has 2 rings (SSSR count). The second-order valence-corrected chi connectivity index (χ2v) is 4.62. The normalized spacial score (nSPS) is 18.3. The monoisotopic (exact) mass is 242 g/mol. The van der Waals surface area contributed by atoms with Crippen LogP contribution in [-0.2, 0) is 0 Å². The first-order valence-corrected chi connectivity index (χ1v) is 5.70. The predicted octanol–water partition coefficient (Wildman–Crippen LogP) is 2.26. The minimum Gasteiger partial charge on any atom is -0.395 e. The van der Waals surface area contributed by atoms with Crippen molar-refractivity contribution in [3.8, 4) is 0 Å². The van der Waals surface area contributed by atoms with Crippen molar-refractivity contribution in [2.45, 2.75) is 31.2 Å². The molecule has 0 atom stereocenters. The molecule has 4 N–H and O–H groups in total. The molecule has 3 nitrogen and oxygen atoms in total. The number of nitrogens with one attached hydrogen (secondary N) is 1. The van der Waals surface area contributed by atoms with Crippen LogP contribution in [0.1, 0.15) is 25.7 Å². The summed E-state index contributed by atoms with van der Waals surface area (Å²) >= 11 is 0. The van der Waals surface area contributed by atoms with Crippen molar-refractivity contribution in [1.29, 1.82) is 0 Å². The van der Waals surface area contributed by atoms with E-state index in [0.29, 0.717) is 0 Å². The molecule has 1 aromatic carbocycles. The first-order valence-electron chi connectivity index (χ1n) is 5.70. The molecule has 0 amide bonds. The van der Waals surface area contributed by atoms with Crippen LogP contribution in [0.25, 0.3) is 0 Å². The zero-order valence-electron chi connectivity index (χ0n) is 9.47. The molecule has 1 fully saturated rings. The molecule has 0 aromatic heterocycles. The zero-order valence-corrected chi connectivity index (χ0v) is 9.47. The van der Waals surface area contributed by atoms with Gasteiger partial charge in [0.1, 0.15) is 5.82 Å². The summed E-state index contributed by atoms with van der Waals surface area (Å²) in [5, 5.41) is 12.4. The zero-order chi connectivity index (χ0) is 12.5. The second kappa shape index (κ2) is 4.49. The summed E-state index contributed by atoms with van der Waals surface area (Å²) in [5.74, 6) is -1.45. The maximum absolute atomic E-state index is 13.3. The Balaban J connectivity index is 2.28. The quantitative estimate of drug-likeness (QED) is 0.712. The number of halogens is 2. The maximum atomic E-state index is 13.3. The number of aliphatic hydroxyl groups excluding tert-OH is 1. The Morgan fingerprint density at radius 3 is 2.53 bits per heavy atom. The third kappa shape index (κ3) is 2.34. The Kier molecular flexibility index (Phi) is 3.19. The van der Waals surface area contributed by atoms with E-state index in [-0.39, 0.29) is 18.0 Å². The topological polar surface area (TPSA) is 58.3 Å². The Bertz CT molecular complexity index is 417. The van der Waals surface area contributed by atoms with Crippen LogP contribution in [-0.4, -0.2) is 17.3 Å². The van der Waals surface area contributed by atoms with Crippen LogP contribution >= 0.6 is 0 Å². The van der Waals surface area contributed by atoms with Crippen LogP contribution in [0.3, 0.4) is 0 Å². The van der Waals surface area contributed by atoms with Crippen LogP contribution in [0.5, 0.6) is 0 Å². The minimum absolute atomic E-state index is 0.0649. The van der Waals surface area contributed by atoms with E-state index >= 15 is 0 Å². The molecule has 1 saturated carbocycles. The Morgan fingerprint density at radius 1 is 1.29 bits per heavy atom. The van der Waals surface area contributed by atoms with Crippen molar-refractivity contribution in [3.05, 3.63) is 23.8 Å². The average molecular weight is 242 g/mol. The van der Waals surface area contributed by atoms with Gasteiger partial charge in [0.25, 0.3) is 0 Å². The minimum atomic E-state index is -0.779. The molecule has 0 heterocycles. The van der Waals surface area contributed by atoms with Gasteiger partial charge in [-0.05, 0) is 18.9 Å². The fourth-order valence-corrected chi connectivity index (χ4v) is 2.35. The largest absolute Gasteiger partial charge is 0.395 e. The molecule has 94 valence electrons. The van der Waals surface area contributed by atoms with Crippen molar-refractivity contribution >= 4 is 11.4 Å². The van der Waals surface area contributed by atoms with Gasteiger partial charge in [0.05, 0.1) is 23.5 Å². The van der Waals surface area contributed by atoms with Gasteiger partial charge in [0.2, 0.25) is 0 Å². The number of nitrogen functional groups attached to an aromatic ring is 1. The number of nitrogens with two attached hydrogens (primary N) is 1. The summed E-state index contributed by atoms with van der Waals surface area (Å²) in [4.78, 5) is 0. The predicted molar refractivity (Wildman–Crippen MR) is 62.7 cm³/mol. The number of rotatable bonds is 3. The summed E-state index contributed by atoms with van der Waals surface area (Å²) < 4.78 is 26.4. The molecule has 1 aliphatic rings. The maximum Gasteiger partial charge on any atom is 0.151 e. The van der Waals surface area contributed by atoms with Crippen LogP contribution in [0.2, 0.25) is 0 Å². The van der Waals surface area contributed by atoms with E-state index in [1.54, 1.807) is 0 Å². The van der Waals surface area contributed by atoms with E-state index < -0.39 is 17.2 Å². The standard InChI is InChI=1S/C12H16F2N2O/c13-8-5-9(14)11(15)10(6-8)16-12(7-17)3-1-2-4-12/h5-6,16-17H,1-4,7,15H2. The summed E-state index contributed by atoms with van der Waals surface area (Å²) in [5.41, 5.74) is 5.18. The van der Waals surface area contributed by atoms with E-state index in [0.717, 1.165) is 37.8 Å². The van der Waals surface area contributed by atoms with Crippen molar-refractivity contribution in [3.63, 3.8) is 0 Å². The third-order valence-corrected chi connectivity index (χ3v) is 3.36. The summed E-state index contributed by atoms with van der Waals surface area (Å²) in [7, 11) is 0. The highest BCUT2D eigenvalue weighted by atomic mass is 19.1. The fourth-order valence-electron chi connectivity index (χ4n) is 2.35. The van der Waals surface area contributed by atoms with Crippen molar-refractivity contribution in [1.82, 2.24) is 0 Å². The number of aliphatic hydroxyl groups is 1. The van der Waals surface area contributed by atoms with Gasteiger partial charge in [0, 0.05) is 6.07 Å². The highest BCUT2D eigenvalue weighted by molar-refractivity contribution is 5.67. The molecule has 0 saturated heterocycles. The fraction of sp³-hybridized carbons (Fsp3) is 0.500. The Morgan fingerprint density at radius 2 is 1.94 bits per heavy atom. The first-order chi connectivity index (χ1) is 8.06. The van der Waals surface area contributed by atoms with E-state index in [2.05, 4.69) is 5.32 Å². The molecular weight excluding hydrogens is 226 g/mol. The molecule has 0 bridgehead atoms. The lowest BCUT2D eigenvalue weighted by molar-refractivity contribution is 0.214. The van der Waals surface area contributed by atoms with Gasteiger partial charge in [-0.15, -0.1) is 0 Å². The Hall–Kier alpha value is -1.36. The van der Waals surface area contributed by atoms with Crippen molar-refractivity contribution in [2.75, 3.05) is 17.7 Å². The Labute approximate surface area is 98.6 Å². The van der Waals surface area contributed by atoms with Gasteiger partial charge in [-0.2, -0.15) is 0 Å². The third-order valence-electron chi connectivity index (χ3n) is 3.36. The second-order valence-electron chi connectivity index (χ2n) is 4.62. The number of hydrogen-bond acceptors (Lipinski definition) is 3. The van der Waals surface area contributed by atoms with Gasteiger partial charge >= 0.3 is 0 Å². The van der Waals surface area contributed by atoms with Crippen LogP contribution < -0.4 is 11.1 Å². The van der Waals surface area contributed by atoms with Gasteiger partial charge in [0.15, 0.2) is 5.82 Å². The van der Waals surface area contributed by atoms with E-state index in [9.17, 15) is 13.9 Å². The summed E-state index contributed by atoms with van der Waals surface area (Å²) in [6.45, 7) is -0.0649. The van der Waals surface area contributed by atoms with Gasteiger partial charge in [-0.3, -0.25) is 0 Å². The molecule has 0 radical (unpaired) electrons. The van der Waals surface area contributed by atoms with E-state index in [1.807, 2.05) is 0 Å². The van der Waals surface area contributed by atoms with Crippen LogP contribution in [0, 0.1) is 11.6 Å². The van der Waals surface area contributed by atoms with Crippen molar-refractivity contribution < 1.29 is 13.9 Å². The lowest BCUT2D eigenvalue weighted by Crippen LogP contribution is -2.39. The smallest absolute Gasteiger partial charge is 0.151 e. The molecule has 1 aromatic rings. The number of hydrogen-bond donors (Lipinski definition) is 3. The van der Waals surface area contributed by atoms with E-state index in [1.165, 1.54) is 0 Å². The molecule has 0 aliphatic heterocycles. The lowest BCUT2D eigenvalue weighted by Gasteiger charge is -2.30. The summed E-state index contributed by atoms with van der Waals surface area (Å²) in [6.07, 6.45) is 3.54. The number of anilines is 2. The molecule has 17 heavy (non-hydrogen) atoms. The van der Waals surface area contributed by atoms with Gasteiger partial charge < -0.3 is 16.2 Å². The molecule has 1 aliphatic carbocycles. The first kappa shape index (κ1) is 12.1. The van der Waals surface area contributed by atoms with Gasteiger partial charge in [-0.25, -0.2) is 8.78 Å². The average Bonchev–Trinajstić information content (AvgIpc) is 2.74. The molecule has 0 spiro atoms. The molecular formula is C12H16F2N2O. The lowest BCUT2D eigenvalue weighted by atomic mass is 9.98. The van der Waals surface area contributed by atoms with Crippen molar-refractivity contribution in [2.24, 2.45) is 0 Å².